The molecule has 0 bridgehead atoms. The first-order chi connectivity index (χ1) is 5.49. The molecule has 0 heterocycles. The lowest BCUT2D eigenvalue weighted by molar-refractivity contribution is -0.0217. The molecule has 0 spiro atoms. The van der Waals surface area contributed by atoms with E-state index in [9.17, 15) is 0 Å². The van der Waals surface area contributed by atoms with Gasteiger partial charge >= 0.3 is 0 Å². The molecule has 1 rings (SSSR count). The van der Waals surface area contributed by atoms with Crippen molar-refractivity contribution in [2.45, 2.75) is 51.7 Å². The van der Waals surface area contributed by atoms with Crippen LogP contribution in [-0.2, 0) is 4.74 Å². The first-order valence-corrected chi connectivity index (χ1v) is 4.88. The van der Waals surface area contributed by atoms with Crippen LogP contribution in [-0.4, -0.2) is 18.2 Å². The van der Waals surface area contributed by atoms with Crippen LogP contribution in [0.1, 0.15) is 40.0 Å². The molecular weight excluding hydrogens is 150 g/mol. The second kappa shape index (κ2) is 3.75. The Hall–Kier alpha value is -0.0800. The van der Waals surface area contributed by atoms with Crippen LogP contribution in [0.5, 0.6) is 0 Å². The Bertz CT molecular complexity index is 135. The van der Waals surface area contributed by atoms with E-state index in [1.165, 1.54) is 19.3 Å². The maximum absolute atomic E-state index is 5.96. The molecule has 1 fully saturated rings. The minimum absolute atomic E-state index is 0.0403. The smallest absolute Gasteiger partial charge is 0.0627 e. The predicted octanol–water partition coefficient (Wildman–Crippen LogP) is 1.93. The van der Waals surface area contributed by atoms with Crippen molar-refractivity contribution in [1.29, 1.82) is 0 Å². The molecule has 0 radical (unpaired) electrons. The van der Waals surface area contributed by atoms with Crippen LogP contribution in [0.3, 0.4) is 0 Å². The predicted molar refractivity (Wildman–Crippen MR) is 51.0 cm³/mol. The van der Waals surface area contributed by atoms with Gasteiger partial charge in [-0.15, -0.1) is 0 Å². The van der Waals surface area contributed by atoms with Gasteiger partial charge < -0.3 is 10.5 Å². The van der Waals surface area contributed by atoms with Crippen molar-refractivity contribution in [2.24, 2.45) is 11.7 Å². The van der Waals surface area contributed by atoms with Gasteiger partial charge in [-0.1, -0.05) is 6.42 Å². The summed E-state index contributed by atoms with van der Waals surface area (Å²) >= 11 is 0. The summed E-state index contributed by atoms with van der Waals surface area (Å²) < 4.78 is 5.62. The van der Waals surface area contributed by atoms with Gasteiger partial charge in [0.25, 0.3) is 0 Å². The lowest BCUT2D eigenvalue weighted by Crippen LogP contribution is -2.40. The fourth-order valence-electron chi connectivity index (χ4n) is 1.35. The molecule has 2 N–H and O–H groups in total. The standard InChI is InChI=1S/C10H21NO/c1-10(2,3)12-7-9(11)8-5-4-6-8/h8-9H,4-7,11H2,1-3H3. The summed E-state index contributed by atoms with van der Waals surface area (Å²) in [4.78, 5) is 0. The maximum atomic E-state index is 5.96. The Balaban J connectivity index is 2.13. The van der Waals surface area contributed by atoms with Gasteiger partial charge in [-0.25, -0.2) is 0 Å². The van der Waals surface area contributed by atoms with Gasteiger partial charge in [-0.05, 0) is 39.5 Å². The Morgan fingerprint density at radius 2 is 2.00 bits per heavy atom. The van der Waals surface area contributed by atoms with Crippen molar-refractivity contribution >= 4 is 0 Å². The molecule has 72 valence electrons. The van der Waals surface area contributed by atoms with Crippen LogP contribution >= 0.6 is 0 Å². The molecule has 0 aromatic rings. The number of hydrogen-bond acceptors (Lipinski definition) is 2. The molecule has 0 amide bonds. The highest BCUT2D eigenvalue weighted by Crippen LogP contribution is 2.29. The summed E-state index contributed by atoms with van der Waals surface area (Å²) in [5, 5.41) is 0. The van der Waals surface area contributed by atoms with Crippen LogP contribution in [0.25, 0.3) is 0 Å². The molecule has 1 unspecified atom stereocenters. The third kappa shape index (κ3) is 3.11. The third-order valence-corrected chi connectivity index (χ3v) is 2.46. The van der Waals surface area contributed by atoms with Crippen LogP contribution in [0.4, 0.5) is 0 Å². The van der Waals surface area contributed by atoms with E-state index >= 15 is 0 Å². The van der Waals surface area contributed by atoms with E-state index < -0.39 is 0 Å². The molecule has 1 saturated carbocycles. The molecule has 1 aliphatic carbocycles. The molecule has 2 heteroatoms. The number of nitrogens with two attached hydrogens (primary N) is 1. The molecule has 0 aromatic carbocycles. The zero-order chi connectivity index (χ0) is 9.19. The topological polar surface area (TPSA) is 35.2 Å². The highest BCUT2D eigenvalue weighted by atomic mass is 16.5. The van der Waals surface area contributed by atoms with Gasteiger partial charge in [-0.3, -0.25) is 0 Å². The molecule has 0 aromatic heterocycles. The van der Waals surface area contributed by atoms with Crippen LogP contribution in [0.15, 0.2) is 0 Å². The third-order valence-electron chi connectivity index (χ3n) is 2.46. The summed E-state index contributed by atoms with van der Waals surface area (Å²) in [5.41, 5.74) is 5.92. The molecule has 12 heavy (non-hydrogen) atoms. The van der Waals surface area contributed by atoms with Crippen LogP contribution in [0.2, 0.25) is 0 Å². The largest absolute Gasteiger partial charge is 0.374 e. The molecule has 0 saturated heterocycles. The Labute approximate surface area is 75.5 Å². The lowest BCUT2D eigenvalue weighted by Gasteiger charge is -2.32. The zero-order valence-corrected chi connectivity index (χ0v) is 8.47. The maximum Gasteiger partial charge on any atom is 0.0627 e. The van der Waals surface area contributed by atoms with Gasteiger partial charge in [0.2, 0.25) is 0 Å². The second-order valence-corrected chi connectivity index (χ2v) is 4.78. The van der Waals surface area contributed by atoms with Crippen molar-refractivity contribution < 1.29 is 4.74 Å². The molecule has 1 aliphatic rings. The van der Waals surface area contributed by atoms with E-state index in [-0.39, 0.29) is 11.6 Å². The summed E-state index contributed by atoms with van der Waals surface area (Å²) in [5.74, 6) is 0.729. The first kappa shape index (κ1) is 10.0. The second-order valence-electron chi connectivity index (χ2n) is 4.78. The van der Waals surface area contributed by atoms with Gasteiger partial charge in [0.05, 0.1) is 12.2 Å². The Kier molecular flexibility index (Phi) is 3.13. The van der Waals surface area contributed by atoms with Gasteiger partial charge in [0, 0.05) is 6.04 Å². The minimum atomic E-state index is -0.0403. The van der Waals surface area contributed by atoms with Gasteiger partial charge in [-0.2, -0.15) is 0 Å². The fraction of sp³-hybridized carbons (Fsp3) is 1.00. The summed E-state index contributed by atoms with van der Waals surface area (Å²) in [6.45, 7) is 6.93. The number of ether oxygens (including phenoxy) is 1. The number of hydrogen-bond donors (Lipinski definition) is 1. The highest BCUT2D eigenvalue weighted by Gasteiger charge is 2.25. The van der Waals surface area contributed by atoms with E-state index in [1.807, 2.05) is 0 Å². The SMILES string of the molecule is CC(C)(C)OCC(N)C1CCC1. The highest BCUT2D eigenvalue weighted by molar-refractivity contribution is 4.80. The average Bonchev–Trinajstić information content (AvgIpc) is 1.78. The van der Waals surface area contributed by atoms with E-state index in [0.717, 1.165) is 5.92 Å². The normalized spacial score (nSPS) is 22.0. The summed E-state index contributed by atoms with van der Waals surface area (Å²) in [6.07, 6.45) is 3.96. The lowest BCUT2D eigenvalue weighted by atomic mass is 9.80. The monoisotopic (exact) mass is 171 g/mol. The van der Waals surface area contributed by atoms with Crippen molar-refractivity contribution in [3.8, 4) is 0 Å². The van der Waals surface area contributed by atoms with E-state index in [4.69, 9.17) is 10.5 Å². The van der Waals surface area contributed by atoms with Crippen molar-refractivity contribution in [3.63, 3.8) is 0 Å². The first-order valence-electron chi connectivity index (χ1n) is 4.88. The van der Waals surface area contributed by atoms with Crippen molar-refractivity contribution in [3.05, 3.63) is 0 Å². The summed E-state index contributed by atoms with van der Waals surface area (Å²) in [6, 6.07) is 0.262. The Morgan fingerprint density at radius 1 is 1.42 bits per heavy atom. The van der Waals surface area contributed by atoms with Crippen molar-refractivity contribution in [2.75, 3.05) is 6.61 Å². The van der Waals surface area contributed by atoms with Gasteiger partial charge in [0.15, 0.2) is 0 Å². The Morgan fingerprint density at radius 3 is 2.33 bits per heavy atom. The van der Waals surface area contributed by atoms with E-state index in [0.29, 0.717) is 6.61 Å². The molecule has 1 atom stereocenters. The van der Waals surface area contributed by atoms with E-state index in [1.54, 1.807) is 0 Å². The average molecular weight is 171 g/mol. The van der Waals surface area contributed by atoms with Crippen molar-refractivity contribution in [1.82, 2.24) is 0 Å². The zero-order valence-electron chi connectivity index (χ0n) is 8.47. The van der Waals surface area contributed by atoms with Gasteiger partial charge in [0.1, 0.15) is 0 Å². The van der Waals surface area contributed by atoms with E-state index in [2.05, 4.69) is 20.8 Å². The quantitative estimate of drug-likeness (QED) is 0.704. The number of rotatable bonds is 3. The fourth-order valence-corrected chi connectivity index (χ4v) is 1.35. The molecule has 0 aliphatic heterocycles. The molecular formula is C10H21NO. The van der Waals surface area contributed by atoms with Crippen LogP contribution < -0.4 is 5.73 Å². The summed E-state index contributed by atoms with van der Waals surface area (Å²) in [7, 11) is 0. The molecule has 2 nitrogen and oxygen atoms in total. The van der Waals surface area contributed by atoms with Crippen LogP contribution in [0, 0.1) is 5.92 Å². The minimum Gasteiger partial charge on any atom is -0.374 e.